The fourth-order valence-corrected chi connectivity index (χ4v) is 1.42. The van der Waals surface area contributed by atoms with E-state index in [0.717, 1.165) is 0 Å². The summed E-state index contributed by atoms with van der Waals surface area (Å²) in [6, 6.07) is 6.89. The molecule has 1 N–H and O–H groups in total. The number of aliphatic imine (C=N–C) groups is 1. The van der Waals surface area contributed by atoms with Crippen LogP contribution in [0.4, 0.5) is 0 Å². The third-order valence-electron chi connectivity index (χ3n) is 2.15. The van der Waals surface area contributed by atoms with Gasteiger partial charge >= 0.3 is 0 Å². The number of hydrogen-bond donors (Lipinski definition) is 1. The molecule has 0 saturated carbocycles. The smallest absolute Gasteiger partial charge is 0.276 e. The molecule has 0 aromatic heterocycles. The van der Waals surface area contributed by atoms with Gasteiger partial charge in [0.15, 0.2) is 6.61 Å². The number of rotatable bonds is 2. The molecule has 0 saturated heterocycles. The van der Waals surface area contributed by atoms with E-state index < -0.39 is 0 Å². The van der Waals surface area contributed by atoms with E-state index in [9.17, 15) is 5.11 Å². The molecule has 0 amide bonds. The predicted molar refractivity (Wildman–Crippen MR) is 59.9 cm³/mol. The highest BCUT2D eigenvalue weighted by Gasteiger charge is 2.19. The van der Waals surface area contributed by atoms with E-state index >= 15 is 0 Å². The van der Waals surface area contributed by atoms with Crippen LogP contribution in [0.15, 0.2) is 34.4 Å². The lowest BCUT2D eigenvalue weighted by Crippen LogP contribution is -2.25. The van der Waals surface area contributed by atoms with Crippen molar-refractivity contribution in [2.45, 2.75) is 0 Å². The lowest BCUT2D eigenvalue weighted by atomic mass is 10.1. The molecule has 1 aromatic carbocycles. The Hall–Kier alpha value is -2.04. The minimum atomic E-state index is 0.139. The fraction of sp³-hybridized carbons (Fsp3) is 0.273. The number of nitrogens with zero attached hydrogens (tertiary/aromatic N) is 2. The van der Waals surface area contributed by atoms with E-state index in [0.29, 0.717) is 30.4 Å². The van der Waals surface area contributed by atoms with Crippen molar-refractivity contribution in [1.82, 2.24) is 0 Å². The maximum absolute atomic E-state index is 9.71. The molecule has 1 aliphatic rings. The van der Waals surface area contributed by atoms with Crippen molar-refractivity contribution < 1.29 is 14.7 Å². The van der Waals surface area contributed by atoms with Gasteiger partial charge in [-0.1, -0.05) is 12.1 Å². The second kappa shape index (κ2) is 4.65. The molecule has 2 rings (SSSR count). The topological polar surface area (TPSA) is 63.4 Å². The average molecular weight is 220 g/mol. The number of phenolic OH excluding ortho intramolecular Hbond substituents is 1. The Morgan fingerprint density at radius 3 is 2.81 bits per heavy atom. The highest BCUT2D eigenvalue weighted by Crippen LogP contribution is 2.18. The van der Waals surface area contributed by atoms with Gasteiger partial charge in [0.25, 0.3) is 5.90 Å². The molecule has 1 aliphatic heterocycles. The molecule has 16 heavy (non-hydrogen) atoms. The summed E-state index contributed by atoms with van der Waals surface area (Å²) >= 11 is 0. The number of hydrogen-bond acceptors (Lipinski definition) is 5. The molecule has 1 aromatic rings. The van der Waals surface area contributed by atoms with Crippen LogP contribution in [0.2, 0.25) is 0 Å². The van der Waals surface area contributed by atoms with E-state index in [1.807, 2.05) is 6.07 Å². The Labute approximate surface area is 93.0 Å². The van der Waals surface area contributed by atoms with Gasteiger partial charge in [0.2, 0.25) is 0 Å². The Morgan fingerprint density at radius 1 is 1.38 bits per heavy atom. The monoisotopic (exact) mass is 220 g/mol. The molecule has 0 atom stereocenters. The summed E-state index contributed by atoms with van der Waals surface area (Å²) in [6.45, 7) is 0.868. The van der Waals surface area contributed by atoms with Crippen molar-refractivity contribution in [3.05, 3.63) is 29.8 Å². The zero-order chi connectivity index (χ0) is 11.4. The van der Waals surface area contributed by atoms with Gasteiger partial charge in [0, 0.05) is 12.6 Å². The first-order chi connectivity index (χ1) is 7.83. The van der Waals surface area contributed by atoms with Crippen LogP contribution in [-0.4, -0.2) is 37.0 Å². The number of ether oxygens (including phenoxy) is 1. The maximum atomic E-state index is 9.71. The predicted octanol–water partition coefficient (Wildman–Crippen LogP) is 1.17. The summed E-state index contributed by atoms with van der Waals surface area (Å²) in [7, 11) is 1.61. The first-order valence-electron chi connectivity index (χ1n) is 4.91. The first kappa shape index (κ1) is 10.5. The second-order valence-electron chi connectivity index (χ2n) is 3.17. The molecule has 5 nitrogen and oxygen atoms in total. The van der Waals surface area contributed by atoms with Gasteiger partial charge in [-0.2, -0.15) is 0 Å². The van der Waals surface area contributed by atoms with Crippen molar-refractivity contribution in [3.8, 4) is 5.75 Å². The molecule has 0 aliphatic carbocycles. The molecule has 84 valence electrons. The molecule has 0 radical (unpaired) electrons. The van der Waals surface area contributed by atoms with Crippen molar-refractivity contribution in [2.75, 3.05) is 20.3 Å². The zero-order valence-electron chi connectivity index (χ0n) is 8.88. The number of benzene rings is 1. The largest absolute Gasteiger partial charge is 0.507 e. The summed E-state index contributed by atoms with van der Waals surface area (Å²) in [4.78, 5) is 8.99. The summed E-state index contributed by atoms with van der Waals surface area (Å²) in [6.07, 6.45) is 0. The fourth-order valence-electron chi connectivity index (χ4n) is 1.42. The van der Waals surface area contributed by atoms with E-state index in [-0.39, 0.29) is 5.75 Å². The van der Waals surface area contributed by atoms with Gasteiger partial charge < -0.3 is 14.7 Å². The maximum Gasteiger partial charge on any atom is 0.276 e. The van der Waals surface area contributed by atoms with E-state index in [1.54, 1.807) is 25.2 Å². The summed E-state index contributed by atoms with van der Waals surface area (Å²) in [5.74, 6) is 0.440. The van der Waals surface area contributed by atoms with Crippen LogP contribution in [0.5, 0.6) is 5.75 Å². The molecule has 1 heterocycles. The Bertz CT molecular complexity index is 441. The SMILES string of the molecule is CN=C(C1=NOCCO1)c1ccccc1O. The standard InChI is InChI=1S/C11H12N2O3/c1-12-10(11-13-16-7-6-15-11)8-4-2-3-5-9(8)14/h2-5,14H,6-7H2,1H3. The summed E-state index contributed by atoms with van der Waals surface area (Å²) < 4.78 is 5.32. The molecule has 0 unspecified atom stereocenters. The quantitative estimate of drug-likeness (QED) is 0.761. The Kier molecular flexibility index (Phi) is 3.05. The van der Waals surface area contributed by atoms with Gasteiger partial charge in [-0.25, -0.2) is 0 Å². The minimum Gasteiger partial charge on any atom is -0.507 e. The van der Waals surface area contributed by atoms with E-state index in [1.165, 1.54) is 0 Å². The Morgan fingerprint density at radius 2 is 2.19 bits per heavy atom. The molecule has 0 bridgehead atoms. The van der Waals surface area contributed by atoms with Crippen LogP contribution < -0.4 is 0 Å². The lowest BCUT2D eigenvalue weighted by Gasteiger charge is -2.15. The molecule has 0 spiro atoms. The van der Waals surface area contributed by atoms with E-state index in [4.69, 9.17) is 9.57 Å². The lowest BCUT2D eigenvalue weighted by molar-refractivity contribution is 0.0676. The summed E-state index contributed by atoms with van der Waals surface area (Å²) in [5.41, 5.74) is 1.06. The molecular weight excluding hydrogens is 208 g/mol. The minimum absolute atomic E-state index is 0.139. The van der Waals surface area contributed by atoms with Gasteiger partial charge in [-0.15, -0.1) is 0 Å². The molecular formula is C11H12N2O3. The molecule has 5 heteroatoms. The third kappa shape index (κ3) is 1.98. The summed E-state index contributed by atoms with van der Waals surface area (Å²) in [5, 5.41) is 13.5. The number of para-hydroxylation sites is 1. The van der Waals surface area contributed by atoms with Crippen LogP contribution in [0.1, 0.15) is 5.56 Å². The number of phenols is 1. The highest BCUT2D eigenvalue weighted by atomic mass is 16.7. The van der Waals surface area contributed by atoms with Gasteiger partial charge in [-0.3, -0.25) is 4.99 Å². The number of aromatic hydroxyl groups is 1. The van der Waals surface area contributed by atoms with Crippen molar-refractivity contribution in [2.24, 2.45) is 10.1 Å². The molecule has 0 fully saturated rings. The average Bonchev–Trinajstić information content (AvgIpc) is 2.34. The van der Waals surface area contributed by atoms with Crippen molar-refractivity contribution >= 4 is 11.6 Å². The highest BCUT2D eigenvalue weighted by molar-refractivity contribution is 6.45. The van der Waals surface area contributed by atoms with Crippen LogP contribution in [0.3, 0.4) is 0 Å². The van der Waals surface area contributed by atoms with Crippen LogP contribution in [0, 0.1) is 0 Å². The van der Waals surface area contributed by atoms with E-state index in [2.05, 4.69) is 10.1 Å². The van der Waals surface area contributed by atoms with Crippen molar-refractivity contribution in [1.29, 1.82) is 0 Å². The van der Waals surface area contributed by atoms with Gasteiger partial charge in [-0.05, 0) is 17.3 Å². The normalized spacial score (nSPS) is 16.1. The number of oxime groups is 1. The first-order valence-corrected chi connectivity index (χ1v) is 4.91. The Balaban J connectivity index is 2.37. The van der Waals surface area contributed by atoms with Crippen molar-refractivity contribution in [3.63, 3.8) is 0 Å². The zero-order valence-corrected chi connectivity index (χ0v) is 8.88. The van der Waals surface area contributed by atoms with Crippen LogP contribution >= 0.6 is 0 Å². The van der Waals surface area contributed by atoms with Gasteiger partial charge in [0.1, 0.15) is 18.1 Å². The second-order valence-corrected chi connectivity index (χ2v) is 3.17. The van der Waals surface area contributed by atoms with Gasteiger partial charge in [0.05, 0.1) is 0 Å². The van der Waals surface area contributed by atoms with Crippen LogP contribution in [0.25, 0.3) is 0 Å². The van der Waals surface area contributed by atoms with Crippen LogP contribution in [-0.2, 0) is 9.57 Å². The third-order valence-corrected chi connectivity index (χ3v) is 2.15.